The van der Waals surface area contributed by atoms with Crippen LogP contribution in [-0.2, 0) is 17.6 Å². The third kappa shape index (κ3) is 2.49. The molecule has 2 aromatic heterocycles. The molecule has 2 atom stereocenters. The summed E-state index contributed by atoms with van der Waals surface area (Å²) in [6.45, 7) is 5.90. The molecule has 20 heavy (non-hydrogen) atoms. The second-order valence-electron chi connectivity index (χ2n) is 5.58. The van der Waals surface area contributed by atoms with Crippen molar-refractivity contribution >= 4 is 39.1 Å². The average Bonchev–Trinajstić information content (AvgIpc) is 2.76. The molecule has 0 saturated heterocycles. The molecule has 0 fully saturated rings. The minimum absolute atomic E-state index is 0.0498. The number of carbonyl (C=O) groups is 1. The van der Waals surface area contributed by atoms with Gasteiger partial charge in [-0.3, -0.25) is 4.79 Å². The van der Waals surface area contributed by atoms with Gasteiger partial charge in [0.15, 0.2) is 0 Å². The number of hydrogen-bond donors (Lipinski definition) is 0. The number of ketones is 1. The van der Waals surface area contributed by atoms with Gasteiger partial charge in [0.1, 0.15) is 22.0 Å². The standard InChI is InChI=1S/C15H18N2OS2/c1-8-4-5-11-12(6-8)20-15-13(11)14(16-7-17-15)19-10(3)9(2)18/h7-8,10H,4-6H2,1-3H3/t8-,10-/m1/s1. The Morgan fingerprint density at radius 1 is 1.50 bits per heavy atom. The highest BCUT2D eigenvalue weighted by Crippen LogP contribution is 2.41. The van der Waals surface area contributed by atoms with Crippen molar-refractivity contribution in [2.75, 3.05) is 0 Å². The Balaban J connectivity index is 2.07. The quantitative estimate of drug-likeness (QED) is 0.637. The maximum atomic E-state index is 11.5. The van der Waals surface area contributed by atoms with Gasteiger partial charge in [-0.1, -0.05) is 18.7 Å². The van der Waals surface area contributed by atoms with Crippen LogP contribution in [0.25, 0.3) is 10.2 Å². The van der Waals surface area contributed by atoms with E-state index in [1.54, 1.807) is 36.3 Å². The van der Waals surface area contributed by atoms with Gasteiger partial charge in [0.25, 0.3) is 0 Å². The maximum Gasteiger partial charge on any atom is 0.142 e. The number of Topliss-reactive ketones (excluding diaryl/α,β-unsaturated/α-hetero) is 1. The Morgan fingerprint density at radius 3 is 3.05 bits per heavy atom. The lowest BCUT2D eigenvalue weighted by molar-refractivity contribution is -0.116. The first-order valence-electron chi connectivity index (χ1n) is 6.98. The molecule has 0 aliphatic heterocycles. The van der Waals surface area contributed by atoms with Gasteiger partial charge in [0.2, 0.25) is 0 Å². The van der Waals surface area contributed by atoms with Crippen molar-refractivity contribution < 1.29 is 4.79 Å². The fraction of sp³-hybridized carbons (Fsp3) is 0.533. The molecule has 0 bridgehead atoms. The van der Waals surface area contributed by atoms with Crippen LogP contribution in [0.2, 0.25) is 0 Å². The number of nitrogens with zero attached hydrogens (tertiary/aromatic N) is 2. The zero-order valence-electron chi connectivity index (χ0n) is 12.0. The van der Waals surface area contributed by atoms with Crippen LogP contribution in [0, 0.1) is 5.92 Å². The zero-order chi connectivity index (χ0) is 14.3. The topological polar surface area (TPSA) is 42.9 Å². The molecule has 3 rings (SSSR count). The molecule has 2 aromatic rings. The molecule has 0 unspecified atom stereocenters. The molecule has 1 aliphatic carbocycles. The fourth-order valence-electron chi connectivity index (χ4n) is 2.59. The molecular formula is C15H18N2OS2. The summed E-state index contributed by atoms with van der Waals surface area (Å²) in [4.78, 5) is 22.9. The van der Waals surface area contributed by atoms with Gasteiger partial charge in [0.05, 0.1) is 5.25 Å². The van der Waals surface area contributed by atoms with Crippen molar-refractivity contribution in [1.82, 2.24) is 9.97 Å². The fourth-order valence-corrected chi connectivity index (χ4v) is 4.95. The van der Waals surface area contributed by atoms with Crippen LogP contribution < -0.4 is 0 Å². The summed E-state index contributed by atoms with van der Waals surface area (Å²) >= 11 is 3.37. The van der Waals surface area contributed by atoms with E-state index in [9.17, 15) is 4.79 Å². The van der Waals surface area contributed by atoms with E-state index in [1.807, 2.05) is 6.92 Å². The Morgan fingerprint density at radius 2 is 2.30 bits per heavy atom. The largest absolute Gasteiger partial charge is 0.299 e. The lowest BCUT2D eigenvalue weighted by Gasteiger charge is -2.18. The molecule has 3 nitrogen and oxygen atoms in total. The van der Waals surface area contributed by atoms with Crippen LogP contribution in [0.3, 0.4) is 0 Å². The second-order valence-corrected chi connectivity index (χ2v) is 7.99. The summed E-state index contributed by atoms with van der Waals surface area (Å²) < 4.78 is 0. The number of carbonyl (C=O) groups excluding carboxylic acids is 1. The SMILES string of the molecule is CC(=O)[C@@H](C)Sc1ncnc2sc3c(c12)CC[C@@H](C)C3. The lowest BCUT2D eigenvalue weighted by Crippen LogP contribution is -2.10. The summed E-state index contributed by atoms with van der Waals surface area (Å²) in [5.41, 5.74) is 1.43. The molecule has 1 aliphatic rings. The molecule has 0 saturated carbocycles. The Labute approximate surface area is 127 Å². The average molecular weight is 306 g/mol. The van der Waals surface area contributed by atoms with E-state index in [1.165, 1.54) is 22.2 Å². The monoisotopic (exact) mass is 306 g/mol. The Hall–Kier alpha value is -0.940. The normalized spacial score (nSPS) is 19.9. The molecule has 0 N–H and O–H groups in total. The molecule has 0 radical (unpaired) electrons. The minimum atomic E-state index is -0.0498. The Bertz CT molecular complexity index is 665. The van der Waals surface area contributed by atoms with E-state index < -0.39 is 0 Å². The predicted octanol–water partition coefficient (Wildman–Crippen LogP) is 3.89. The number of fused-ring (bicyclic) bond motifs is 3. The van der Waals surface area contributed by atoms with Gasteiger partial charge in [-0.2, -0.15) is 0 Å². The summed E-state index contributed by atoms with van der Waals surface area (Å²) in [5, 5.41) is 2.13. The third-order valence-corrected chi connectivity index (χ3v) is 6.30. The van der Waals surface area contributed by atoms with Gasteiger partial charge >= 0.3 is 0 Å². The van der Waals surface area contributed by atoms with Crippen LogP contribution in [0.1, 0.15) is 37.6 Å². The third-order valence-electron chi connectivity index (χ3n) is 3.92. The van der Waals surface area contributed by atoms with Crippen molar-refractivity contribution in [2.45, 2.75) is 50.3 Å². The van der Waals surface area contributed by atoms with Crippen LogP contribution in [0.4, 0.5) is 0 Å². The highest BCUT2D eigenvalue weighted by molar-refractivity contribution is 8.00. The van der Waals surface area contributed by atoms with Crippen molar-refractivity contribution in [3.63, 3.8) is 0 Å². The van der Waals surface area contributed by atoms with E-state index in [0.29, 0.717) is 0 Å². The van der Waals surface area contributed by atoms with Gasteiger partial charge in [-0.15, -0.1) is 11.3 Å². The number of hydrogen-bond acceptors (Lipinski definition) is 5. The van der Waals surface area contributed by atoms with E-state index in [0.717, 1.165) is 28.6 Å². The number of aromatic nitrogens is 2. The van der Waals surface area contributed by atoms with Crippen LogP contribution in [-0.4, -0.2) is 21.0 Å². The second kappa shape index (κ2) is 5.45. The Kier molecular flexibility index (Phi) is 3.82. The first-order valence-corrected chi connectivity index (χ1v) is 8.68. The van der Waals surface area contributed by atoms with Crippen LogP contribution >= 0.6 is 23.1 Å². The molecular weight excluding hydrogens is 288 g/mol. The molecule has 0 spiro atoms. The summed E-state index contributed by atoms with van der Waals surface area (Å²) in [6, 6.07) is 0. The smallest absolute Gasteiger partial charge is 0.142 e. The molecule has 5 heteroatoms. The lowest BCUT2D eigenvalue weighted by atomic mass is 9.89. The van der Waals surface area contributed by atoms with Crippen LogP contribution in [0.5, 0.6) is 0 Å². The summed E-state index contributed by atoms with van der Waals surface area (Å²) in [5.74, 6) is 0.954. The number of aryl methyl sites for hydroxylation is 1. The molecule has 106 valence electrons. The van der Waals surface area contributed by atoms with E-state index in [-0.39, 0.29) is 11.0 Å². The van der Waals surface area contributed by atoms with Crippen LogP contribution in [0.15, 0.2) is 11.4 Å². The first-order chi connectivity index (χ1) is 9.56. The number of rotatable bonds is 3. The van der Waals surface area contributed by atoms with E-state index in [4.69, 9.17) is 0 Å². The van der Waals surface area contributed by atoms with E-state index >= 15 is 0 Å². The highest BCUT2D eigenvalue weighted by atomic mass is 32.2. The summed E-state index contributed by atoms with van der Waals surface area (Å²) in [7, 11) is 0. The minimum Gasteiger partial charge on any atom is -0.299 e. The van der Waals surface area contributed by atoms with Gasteiger partial charge < -0.3 is 0 Å². The molecule has 0 aromatic carbocycles. The van der Waals surface area contributed by atoms with Gasteiger partial charge in [-0.25, -0.2) is 9.97 Å². The number of thioether (sulfide) groups is 1. The van der Waals surface area contributed by atoms with Crippen molar-refractivity contribution in [2.24, 2.45) is 5.92 Å². The molecule has 0 amide bonds. The number of thiophene rings is 1. The first kappa shape index (κ1) is 14.0. The van der Waals surface area contributed by atoms with E-state index in [2.05, 4.69) is 16.9 Å². The van der Waals surface area contributed by atoms with Gasteiger partial charge in [-0.05, 0) is 44.6 Å². The van der Waals surface area contributed by atoms with Crippen molar-refractivity contribution in [3.8, 4) is 0 Å². The highest BCUT2D eigenvalue weighted by Gasteiger charge is 2.24. The summed E-state index contributed by atoms with van der Waals surface area (Å²) in [6.07, 6.45) is 5.14. The predicted molar refractivity (Wildman–Crippen MR) is 84.6 cm³/mol. The van der Waals surface area contributed by atoms with Gasteiger partial charge in [0, 0.05) is 10.3 Å². The maximum absolute atomic E-state index is 11.5. The molecule has 2 heterocycles. The van der Waals surface area contributed by atoms with Crippen molar-refractivity contribution in [1.29, 1.82) is 0 Å². The zero-order valence-corrected chi connectivity index (χ0v) is 13.6. The van der Waals surface area contributed by atoms with Crippen molar-refractivity contribution in [3.05, 3.63) is 16.8 Å².